The Morgan fingerprint density at radius 2 is 2.33 bits per heavy atom. The molecule has 2 unspecified atom stereocenters. The highest BCUT2D eigenvalue weighted by atomic mass is 16.6. The minimum atomic E-state index is -0.396. The van der Waals surface area contributed by atoms with Crippen LogP contribution in [0.2, 0.25) is 0 Å². The number of hydrogen-bond acceptors (Lipinski definition) is 4. The normalized spacial score (nSPS) is 22.7. The molecule has 2 atom stereocenters. The SMILES string of the molecule is CCOC(=O)C(CC)OCC1CCCN1. The first-order valence-corrected chi connectivity index (χ1v) is 5.79. The lowest BCUT2D eigenvalue weighted by Crippen LogP contribution is -2.33. The molecule has 4 nitrogen and oxygen atoms in total. The summed E-state index contributed by atoms with van der Waals surface area (Å²) in [4.78, 5) is 11.4. The van der Waals surface area contributed by atoms with Crippen molar-refractivity contribution in [2.75, 3.05) is 19.8 Å². The number of nitrogens with one attached hydrogen (secondary N) is 1. The summed E-state index contributed by atoms with van der Waals surface area (Å²) in [7, 11) is 0. The molecule has 1 N–H and O–H groups in total. The van der Waals surface area contributed by atoms with Crippen molar-refractivity contribution < 1.29 is 14.3 Å². The molecule has 0 aliphatic carbocycles. The molecule has 0 amide bonds. The van der Waals surface area contributed by atoms with E-state index in [1.54, 1.807) is 0 Å². The Morgan fingerprint density at radius 3 is 2.87 bits per heavy atom. The first kappa shape index (κ1) is 12.5. The minimum absolute atomic E-state index is 0.238. The number of carbonyl (C=O) groups is 1. The van der Waals surface area contributed by atoms with Crippen LogP contribution >= 0.6 is 0 Å². The van der Waals surface area contributed by atoms with Crippen molar-refractivity contribution in [3.05, 3.63) is 0 Å². The first-order valence-electron chi connectivity index (χ1n) is 5.79. The predicted molar refractivity (Wildman–Crippen MR) is 57.7 cm³/mol. The van der Waals surface area contributed by atoms with Gasteiger partial charge < -0.3 is 14.8 Å². The highest BCUT2D eigenvalue weighted by Crippen LogP contribution is 2.08. The summed E-state index contributed by atoms with van der Waals surface area (Å²) in [6, 6.07) is 0.411. The van der Waals surface area contributed by atoms with Crippen molar-refractivity contribution in [1.82, 2.24) is 5.32 Å². The maximum Gasteiger partial charge on any atom is 0.335 e. The lowest BCUT2D eigenvalue weighted by atomic mass is 10.2. The molecule has 0 radical (unpaired) electrons. The summed E-state index contributed by atoms with van der Waals surface area (Å²) in [6.45, 7) is 5.83. The Morgan fingerprint density at radius 1 is 1.53 bits per heavy atom. The molecule has 0 bridgehead atoms. The average Bonchev–Trinajstić information content (AvgIpc) is 2.72. The molecular weight excluding hydrogens is 194 g/mol. The van der Waals surface area contributed by atoms with Crippen LogP contribution in [-0.2, 0) is 14.3 Å². The molecule has 0 aromatic rings. The van der Waals surface area contributed by atoms with Crippen LogP contribution in [0.5, 0.6) is 0 Å². The van der Waals surface area contributed by atoms with Crippen molar-refractivity contribution in [3.8, 4) is 0 Å². The molecule has 1 rings (SSSR count). The third-order valence-corrected chi connectivity index (χ3v) is 2.58. The van der Waals surface area contributed by atoms with Gasteiger partial charge in [0, 0.05) is 6.04 Å². The number of ether oxygens (including phenoxy) is 2. The zero-order chi connectivity index (χ0) is 11.1. The van der Waals surface area contributed by atoms with E-state index in [9.17, 15) is 4.79 Å². The fourth-order valence-electron chi connectivity index (χ4n) is 1.72. The fraction of sp³-hybridized carbons (Fsp3) is 0.909. The molecular formula is C11H21NO3. The summed E-state index contributed by atoms with van der Waals surface area (Å²) in [5, 5.41) is 3.33. The van der Waals surface area contributed by atoms with Gasteiger partial charge in [0.25, 0.3) is 0 Å². The Hall–Kier alpha value is -0.610. The molecule has 1 aliphatic heterocycles. The van der Waals surface area contributed by atoms with Crippen LogP contribution in [0, 0.1) is 0 Å². The molecule has 0 spiro atoms. The van der Waals surface area contributed by atoms with Crippen molar-refractivity contribution >= 4 is 5.97 Å². The van der Waals surface area contributed by atoms with Gasteiger partial charge in [0.15, 0.2) is 6.10 Å². The highest BCUT2D eigenvalue weighted by molar-refractivity contribution is 5.74. The van der Waals surface area contributed by atoms with Crippen molar-refractivity contribution in [1.29, 1.82) is 0 Å². The smallest absolute Gasteiger partial charge is 0.335 e. The topological polar surface area (TPSA) is 47.6 Å². The standard InChI is InChI=1S/C11H21NO3/c1-3-10(11(13)14-4-2)15-8-9-6-5-7-12-9/h9-10,12H,3-8H2,1-2H3. The largest absolute Gasteiger partial charge is 0.464 e. The predicted octanol–water partition coefficient (Wildman–Crippen LogP) is 1.10. The molecule has 1 fully saturated rings. The number of hydrogen-bond donors (Lipinski definition) is 1. The summed E-state index contributed by atoms with van der Waals surface area (Å²) >= 11 is 0. The molecule has 88 valence electrons. The van der Waals surface area contributed by atoms with Crippen molar-refractivity contribution in [3.63, 3.8) is 0 Å². The van der Waals surface area contributed by atoms with Crippen LogP contribution in [0.4, 0.5) is 0 Å². The molecule has 0 aromatic heterocycles. The number of rotatable bonds is 6. The Bertz CT molecular complexity index is 190. The van der Waals surface area contributed by atoms with Gasteiger partial charge in [-0.15, -0.1) is 0 Å². The second-order valence-corrected chi connectivity index (χ2v) is 3.78. The first-order chi connectivity index (χ1) is 7.27. The zero-order valence-corrected chi connectivity index (χ0v) is 9.62. The monoisotopic (exact) mass is 215 g/mol. The second kappa shape index (κ2) is 6.80. The van der Waals surface area contributed by atoms with Crippen molar-refractivity contribution in [2.45, 2.75) is 45.3 Å². The van der Waals surface area contributed by atoms with Gasteiger partial charge in [0.05, 0.1) is 13.2 Å². The quantitative estimate of drug-likeness (QED) is 0.674. The van der Waals surface area contributed by atoms with Gasteiger partial charge >= 0.3 is 5.97 Å². The summed E-state index contributed by atoms with van der Waals surface area (Å²) in [6.07, 6.45) is 2.61. The van der Waals surface area contributed by atoms with E-state index in [2.05, 4.69) is 5.32 Å². The van der Waals surface area contributed by atoms with Gasteiger partial charge in [-0.2, -0.15) is 0 Å². The summed E-state index contributed by atoms with van der Waals surface area (Å²) in [5.41, 5.74) is 0. The van der Waals surface area contributed by atoms with Crippen LogP contribution in [0.15, 0.2) is 0 Å². The fourth-order valence-corrected chi connectivity index (χ4v) is 1.72. The van der Waals surface area contributed by atoms with E-state index < -0.39 is 6.10 Å². The lowest BCUT2D eigenvalue weighted by molar-refractivity contribution is -0.157. The van der Waals surface area contributed by atoms with Crippen LogP contribution in [0.25, 0.3) is 0 Å². The Kier molecular flexibility index (Phi) is 5.65. The molecule has 1 saturated heterocycles. The van der Waals surface area contributed by atoms with Crippen LogP contribution in [0.3, 0.4) is 0 Å². The zero-order valence-electron chi connectivity index (χ0n) is 9.62. The Labute approximate surface area is 91.3 Å². The summed E-state index contributed by atoms with van der Waals surface area (Å²) < 4.78 is 10.5. The molecule has 0 saturated carbocycles. The maximum absolute atomic E-state index is 11.4. The highest BCUT2D eigenvalue weighted by Gasteiger charge is 2.21. The van der Waals surface area contributed by atoms with Gasteiger partial charge in [0.1, 0.15) is 0 Å². The van der Waals surface area contributed by atoms with E-state index >= 15 is 0 Å². The van der Waals surface area contributed by atoms with E-state index in [4.69, 9.17) is 9.47 Å². The maximum atomic E-state index is 11.4. The lowest BCUT2D eigenvalue weighted by Gasteiger charge is -2.17. The van der Waals surface area contributed by atoms with Gasteiger partial charge in [-0.05, 0) is 32.7 Å². The van der Waals surface area contributed by atoms with E-state index in [0.29, 0.717) is 25.7 Å². The van der Waals surface area contributed by atoms with E-state index in [1.807, 2.05) is 13.8 Å². The van der Waals surface area contributed by atoms with Gasteiger partial charge in [-0.1, -0.05) is 6.92 Å². The van der Waals surface area contributed by atoms with Crippen LogP contribution in [-0.4, -0.2) is 37.9 Å². The third kappa shape index (κ3) is 4.18. The Balaban J connectivity index is 2.23. The summed E-state index contributed by atoms with van der Waals surface area (Å²) in [5.74, 6) is -0.238. The van der Waals surface area contributed by atoms with Crippen molar-refractivity contribution in [2.24, 2.45) is 0 Å². The van der Waals surface area contributed by atoms with Crippen LogP contribution < -0.4 is 5.32 Å². The minimum Gasteiger partial charge on any atom is -0.464 e. The second-order valence-electron chi connectivity index (χ2n) is 3.78. The molecule has 1 aliphatic rings. The number of carbonyl (C=O) groups excluding carboxylic acids is 1. The molecule has 0 aromatic carbocycles. The van der Waals surface area contributed by atoms with Crippen LogP contribution in [0.1, 0.15) is 33.1 Å². The third-order valence-electron chi connectivity index (χ3n) is 2.58. The van der Waals surface area contributed by atoms with E-state index in [1.165, 1.54) is 6.42 Å². The molecule has 15 heavy (non-hydrogen) atoms. The van der Waals surface area contributed by atoms with Gasteiger partial charge in [0.2, 0.25) is 0 Å². The molecule has 1 heterocycles. The molecule has 4 heteroatoms. The van der Waals surface area contributed by atoms with E-state index in [0.717, 1.165) is 13.0 Å². The number of esters is 1. The van der Waals surface area contributed by atoms with Gasteiger partial charge in [-0.25, -0.2) is 4.79 Å². The van der Waals surface area contributed by atoms with Gasteiger partial charge in [-0.3, -0.25) is 0 Å². The van der Waals surface area contributed by atoms with E-state index in [-0.39, 0.29) is 5.97 Å². The average molecular weight is 215 g/mol.